The number of aliphatic hydroxyl groups excluding tert-OH is 2. The molecule has 4 aliphatic rings. The first-order valence-electron chi connectivity index (χ1n) is 18.9. The highest BCUT2D eigenvalue weighted by Crippen LogP contribution is 2.77. The fourth-order valence-corrected chi connectivity index (χ4v) is 9.69. The Balaban J connectivity index is 1.29. The number of hydrogen-bond donors (Lipinski definition) is 4. The molecule has 1 aromatic rings. The molecule has 0 amide bonds. The summed E-state index contributed by atoms with van der Waals surface area (Å²) < 4.78 is 17.7. The SMILES string of the molecule is CC(=O)O[C@@]12[C@H](OC(=O)c3ccc(C(=O)OCCCCCCCCCCCO)cc3)[C@@H](C)[C@@]3(O)[C@@H](C=C(CO)C[C@]4(O)C(=O)C(C)=C[C@@H]34)[C@@H]1C2(C)C. The lowest BCUT2D eigenvalue weighted by Gasteiger charge is -2.53. The predicted molar refractivity (Wildman–Crippen MR) is 191 cm³/mol. The van der Waals surface area contributed by atoms with E-state index in [1.54, 1.807) is 26.0 Å². The molecule has 0 aromatic heterocycles. The molecule has 5 rings (SSSR count). The van der Waals surface area contributed by atoms with E-state index in [1.165, 1.54) is 37.6 Å². The summed E-state index contributed by atoms with van der Waals surface area (Å²) >= 11 is 0. The molecule has 286 valence electrons. The van der Waals surface area contributed by atoms with Crippen LogP contribution in [0.4, 0.5) is 0 Å². The number of hydrogen-bond acceptors (Lipinski definition) is 11. The maximum atomic E-state index is 13.8. The summed E-state index contributed by atoms with van der Waals surface area (Å²) in [5, 5.41) is 43.9. The number of aliphatic hydroxyl groups is 4. The molecular formula is C41H56O11. The Bertz CT molecular complexity index is 1580. The number of ketones is 1. The molecule has 0 bridgehead atoms. The Morgan fingerprint density at radius 2 is 1.40 bits per heavy atom. The molecule has 0 unspecified atom stereocenters. The highest BCUT2D eigenvalue weighted by molar-refractivity contribution is 6.05. The van der Waals surface area contributed by atoms with Crippen molar-refractivity contribution in [2.45, 2.75) is 122 Å². The molecule has 2 fully saturated rings. The van der Waals surface area contributed by atoms with E-state index in [0.29, 0.717) is 17.8 Å². The maximum absolute atomic E-state index is 13.8. The van der Waals surface area contributed by atoms with Gasteiger partial charge >= 0.3 is 17.9 Å². The number of carbonyl (C=O) groups is 4. The van der Waals surface area contributed by atoms with Crippen molar-refractivity contribution in [2.24, 2.45) is 29.1 Å². The molecule has 0 heterocycles. The van der Waals surface area contributed by atoms with Gasteiger partial charge in [0.05, 0.1) is 29.9 Å². The Morgan fingerprint density at radius 3 is 1.96 bits per heavy atom. The largest absolute Gasteiger partial charge is 0.462 e. The van der Waals surface area contributed by atoms with Gasteiger partial charge in [-0.3, -0.25) is 9.59 Å². The molecule has 8 atom stereocenters. The smallest absolute Gasteiger partial charge is 0.338 e. The quantitative estimate of drug-likeness (QED) is 0.0779. The van der Waals surface area contributed by atoms with Gasteiger partial charge < -0.3 is 34.6 Å². The van der Waals surface area contributed by atoms with Gasteiger partial charge in [-0.05, 0) is 55.2 Å². The first kappa shape index (κ1) is 39.8. The van der Waals surface area contributed by atoms with Crippen LogP contribution in [0.5, 0.6) is 0 Å². The number of benzene rings is 1. The number of ether oxygens (including phenoxy) is 3. The number of Topliss-reactive ketones (excluding diaryl/α,β-unsaturated/α-hetero) is 1. The van der Waals surface area contributed by atoms with Crippen LogP contribution in [-0.4, -0.2) is 86.8 Å². The van der Waals surface area contributed by atoms with Crippen LogP contribution in [0, 0.1) is 29.1 Å². The number of carbonyl (C=O) groups excluding carboxylic acids is 4. The number of fused-ring (bicyclic) bond motifs is 5. The lowest BCUT2D eigenvalue weighted by molar-refractivity contribution is -0.219. The molecule has 0 saturated heterocycles. The van der Waals surface area contributed by atoms with Crippen LogP contribution in [0.3, 0.4) is 0 Å². The van der Waals surface area contributed by atoms with Gasteiger partial charge in [0.25, 0.3) is 0 Å². The van der Waals surface area contributed by atoms with Crippen LogP contribution < -0.4 is 0 Å². The summed E-state index contributed by atoms with van der Waals surface area (Å²) in [4.78, 5) is 52.6. The zero-order chi connectivity index (χ0) is 38.1. The van der Waals surface area contributed by atoms with E-state index in [4.69, 9.17) is 19.3 Å². The molecule has 4 aliphatic carbocycles. The van der Waals surface area contributed by atoms with E-state index in [1.807, 2.05) is 13.8 Å². The minimum Gasteiger partial charge on any atom is -0.462 e. The Hall–Kier alpha value is -3.38. The van der Waals surface area contributed by atoms with Crippen molar-refractivity contribution in [1.82, 2.24) is 0 Å². The molecule has 52 heavy (non-hydrogen) atoms. The molecule has 0 aliphatic heterocycles. The van der Waals surface area contributed by atoms with Gasteiger partial charge in [-0.25, -0.2) is 9.59 Å². The van der Waals surface area contributed by atoms with Crippen molar-refractivity contribution < 1.29 is 53.8 Å². The highest BCUT2D eigenvalue weighted by Gasteiger charge is 2.87. The minimum atomic E-state index is -2.02. The monoisotopic (exact) mass is 724 g/mol. The highest BCUT2D eigenvalue weighted by atomic mass is 16.6. The summed E-state index contributed by atoms with van der Waals surface area (Å²) in [6, 6.07) is 5.89. The van der Waals surface area contributed by atoms with Crippen molar-refractivity contribution in [3.63, 3.8) is 0 Å². The number of rotatable bonds is 16. The third-order valence-electron chi connectivity index (χ3n) is 12.4. The lowest BCUT2D eigenvalue weighted by Crippen LogP contribution is -2.66. The van der Waals surface area contributed by atoms with Gasteiger partial charge in [0, 0.05) is 49.0 Å². The zero-order valence-electron chi connectivity index (χ0n) is 31.2. The average Bonchev–Trinajstić information content (AvgIpc) is 3.53. The summed E-state index contributed by atoms with van der Waals surface area (Å²) in [7, 11) is 0. The Kier molecular flexibility index (Phi) is 11.9. The third-order valence-corrected chi connectivity index (χ3v) is 12.4. The van der Waals surface area contributed by atoms with Gasteiger partial charge in [-0.15, -0.1) is 0 Å². The first-order chi connectivity index (χ1) is 24.6. The predicted octanol–water partition coefficient (Wildman–Crippen LogP) is 5.03. The van der Waals surface area contributed by atoms with Crippen LogP contribution >= 0.6 is 0 Å². The topological polar surface area (TPSA) is 177 Å². The molecule has 2 saturated carbocycles. The molecule has 0 spiro atoms. The minimum absolute atomic E-state index is 0.133. The van der Waals surface area contributed by atoms with Crippen LogP contribution in [0.2, 0.25) is 0 Å². The van der Waals surface area contributed by atoms with Crippen molar-refractivity contribution in [1.29, 1.82) is 0 Å². The van der Waals surface area contributed by atoms with Crippen molar-refractivity contribution in [3.8, 4) is 0 Å². The molecule has 1 aromatic carbocycles. The van der Waals surface area contributed by atoms with Crippen molar-refractivity contribution in [2.75, 3.05) is 19.8 Å². The second-order valence-corrected chi connectivity index (χ2v) is 16.0. The average molecular weight is 725 g/mol. The summed E-state index contributed by atoms with van der Waals surface area (Å²) in [5.74, 6) is -5.77. The van der Waals surface area contributed by atoms with E-state index in [-0.39, 0.29) is 24.2 Å². The van der Waals surface area contributed by atoms with Crippen LogP contribution in [0.15, 0.2) is 47.6 Å². The van der Waals surface area contributed by atoms with E-state index in [0.717, 1.165) is 51.4 Å². The molecule has 11 nitrogen and oxygen atoms in total. The molecular weight excluding hydrogens is 668 g/mol. The second kappa shape index (κ2) is 15.5. The van der Waals surface area contributed by atoms with Crippen molar-refractivity contribution >= 4 is 23.7 Å². The van der Waals surface area contributed by atoms with Crippen LogP contribution in [0.25, 0.3) is 0 Å². The second-order valence-electron chi connectivity index (χ2n) is 16.0. The number of unbranched alkanes of at least 4 members (excludes halogenated alkanes) is 8. The maximum Gasteiger partial charge on any atom is 0.338 e. The normalized spacial score (nSPS) is 32.7. The molecule has 4 N–H and O–H groups in total. The lowest BCUT2D eigenvalue weighted by atomic mass is 9.59. The summed E-state index contributed by atoms with van der Waals surface area (Å²) in [6.45, 7) is 8.37. The van der Waals surface area contributed by atoms with E-state index >= 15 is 0 Å². The van der Waals surface area contributed by atoms with Crippen molar-refractivity contribution in [3.05, 3.63) is 58.7 Å². The Morgan fingerprint density at radius 1 is 0.846 bits per heavy atom. The van der Waals surface area contributed by atoms with Crippen LogP contribution in [0.1, 0.15) is 120 Å². The first-order valence-corrected chi connectivity index (χ1v) is 18.9. The summed E-state index contributed by atoms with van der Waals surface area (Å²) in [5.41, 5.74) is -4.92. The number of esters is 3. The van der Waals surface area contributed by atoms with Gasteiger partial charge in [0.15, 0.2) is 11.4 Å². The van der Waals surface area contributed by atoms with E-state index in [2.05, 4.69) is 0 Å². The van der Waals surface area contributed by atoms with Crippen LogP contribution in [-0.2, 0) is 23.8 Å². The third kappa shape index (κ3) is 6.90. The van der Waals surface area contributed by atoms with Gasteiger partial charge in [0.2, 0.25) is 0 Å². The molecule has 11 heteroatoms. The zero-order valence-corrected chi connectivity index (χ0v) is 31.2. The van der Waals surface area contributed by atoms with E-state index in [9.17, 15) is 34.5 Å². The summed E-state index contributed by atoms with van der Waals surface area (Å²) in [6.07, 6.45) is 11.2. The molecule has 0 radical (unpaired) electrons. The van der Waals surface area contributed by atoms with Gasteiger partial charge in [-0.1, -0.05) is 77.9 Å². The van der Waals surface area contributed by atoms with Gasteiger partial charge in [0.1, 0.15) is 11.7 Å². The van der Waals surface area contributed by atoms with E-state index < -0.39 is 82.3 Å². The fourth-order valence-electron chi connectivity index (χ4n) is 9.69. The van der Waals surface area contributed by atoms with Gasteiger partial charge in [-0.2, -0.15) is 0 Å². The standard InChI is InChI=1S/C41H56O11/c1-25-21-32-39(48,34(25)45)23-28(24-43)22-31-33-38(4,5)41(33,52-27(3)44)35(26(2)40(31,32)49)51-37(47)30-17-15-29(16-18-30)36(46)50-20-14-12-10-8-6-7-9-11-13-19-42/h15-18,21-22,26,31-33,35,42-43,48-49H,6-14,19-20,23-24H2,1-5H3/t26-,31+,32-,33-,35-,39-,40-,41-/m1/s1. The Labute approximate surface area is 306 Å². The fraction of sp³-hybridized carbons (Fsp3) is 0.659.